The molecule has 0 atom stereocenters. The molecule has 0 spiro atoms. The average molecular weight is 283 g/mol. The first kappa shape index (κ1) is 14.4. The lowest BCUT2D eigenvalue weighted by Gasteiger charge is -2.11. The molecule has 0 heterocycles. The van der Waals surface area contributed by atoms with Crippen LogP contribution in [0.3, 0.4) is 0 Å². The molecule has 0 radical (unpaired) electrons. The zero-order valence-corrected chi connectivity index (χ0v) is 12.4. The van der Waals surface area contributed by atoms with Gasteiger partial charge in [-0.3, -0.25) is 4.79 Å². The van der Waals surface area contributed by atoms with E-state index in [1.807, 2.05) is 85.9 Å². The van der Waals surface area contributed by atoms with Crippen LogP contribution in [0.2, 0.25) is 0 Å². The largest absolute Gasteiger partial charge is 0.382 e. The highest BCUT2D eigenvalue weighted by Gasteiger charge is 2.13. The molecule has 2 nitrogen and oxygen atoms in total. The van der Waals surface area contributed by atoms with Crippen LogP contribution in [0.5, 0.6) is 0 Å². The topological polar surface area (TPSA) is 20.3 Å². The zero-order chi connectivity index (χ0) is 14.4. The third-order valence-electron chi connectivity index (χ3n) is 2.61. The molecular formula is C17H17NOS. The van der Waals surface area contributed by atoms with Crippen LogP contribution in [0.25, 0.3) is 0 Å². The van der Waals surface area contributed by atoms with Crippen molar-refractivity contribution >= 4 is 17.5 Å². The smallest absolute Gasteiger partial charge is 0.201 e. The maximum Gasteiger partial charge on any atom is 0.201 e. The maximum absolute atomic E-state index is 12.6. The van der Waals surface area contributed by atoms with Crippen molar-refractivity contribution in [1.82, 2.24) is 4.90 Å². The van der Waals surface area contributed by atoms with E-state index in [1.54, 1.807) is 0 Å². The number of nitrogens with zero attached hydrogens (tertiary/aromatic N) is 1. The van der Waals surface area contributed by atoms with Crippen molar-refractivity contribution in [3.8, 4) is 0 Å². The summed E-state index contributed by atoms with van der Waals surface area (Å²) in [6, 6.07) is 19.3. The van der Waals surface area contributed by atoms with Gasteiger partial charge in [0, 0.05) is 30.8 Å². The van der Waals surface area contributed by atoms with E-state index >= 15 is 0 Å². The predicted octanol–water partition coefficient (Wildman–Crippen LogP) is 4.06. The monoisotopic (exact) mass is 283 g/mol. The van der Waals surface area contributed by atoms with E-state index < -0.39 is 0 Å². The van der Waals surface area contributed by atoms with Gasteiger partial charge in [-0.25, -0.2) is 0 Å². The molecule has 0 bridgehead atoms. The van der Waals surface area contributed by atoms with Crippen molar-refractivity contribution in [1.29, 1.82) is 0 Å². The molecule has 2 aromatic carbocycles. The summed E-state index contributed by atoms with van der Waals surface area (Å²) in [5.41, 5.74) is 0.712. The molecule has 20 heavy (non-hydrogen) atoms. The van der Waals surface area contributed by atoms with E-state index in [4.69, 9.17) is 0 Å². The SMILES string of the molecule is CN(C)/C=C(/Sc1ccccc1)C(=O)c1ccccc1. The highest BCUT2D eigenvalue weighted by molar-refractivity contribution is 8.04. The van der Waals surface area contributed by atoms with Gasteiger partial charge in [0.15, 0.2) is 0 Å². The molecule has 2 rings (SSSR count). The van der Waals surface area contributed by atoms with Crippen LogP contribution in [0.4, 0.5) is 0 Å². The molecule has 3 heteroatoms. The molecule has 0 aliphatic carbocycles. The number of carbonyl (C=O) groups is 1. The fraction of sp³-hybridized carbons (Fsp3) is 0.118. The fourth-order valence-electron chi connectivity index (χ4n) is 1.71. The maximum atomic E-state index is 12.6. The standard InChI is InChI=1S/C17H17NOS/c1-18(2)13-16(20-15-11-7-4-8-12-15)17(19)14-9-5-3-6-10-14/h3-13H,1-2H3/b16-13+. The number of carbonyl (C=O) groups excluding carboxylic acids is 1. The second-order valence-electron chi connectivity index (χ2n) is 4.57. The van der Waals surface area contributed by atoms with Gasteiger partial charge in [0.2, 0.25) is 5.78 Å². The second-order valence-corrected chi connectivity index (χ2v) is 5.68. The van der Waals surface area contributed by atoms with Crippen molar-refractivity contribution in [2.45, 2.75) is 4.90 Å². The minimum absolute atomic E-state index is 0.0492. The van der Waals surface area contributed by atoms with E-state index in [2.05, 4.69) is 0 Å². The summed E-state index contributed by atoms with van der Waals surface area (Å²) in [4.78, 5) is 16.2. The van der Waals surface area contributed by atoms with Gasteiger partial charge in [-0.1, -0.05) is 60.3 Å². The van der Waals surface area contributed by atoms with Gasteiger partial charge in [-0.05, 0) is 12.1 Å². The Labute approximate surface area is 124 Å². The first-order chi connectivity index (χ1) is 9.66. The van der Waals surface area contributed by atoms with Crippen LogP contribution in [-0.2, 0) is 0 Å². The Bertz CT molecular complexity index is 591. The van der Waals surface area contributed by atoms with E-state index in [9.17, 15) is 4.79 Å². The van der Waals surface area contributed by atoms with Crippen molar-refractivity contribution < 1.29 is 4.79 Å². The molecular weight excluding hydrogens is 266 g/mol. The molecule has 0 saturated heterocycles. The summed E-state index contributed by atoms with van der Waals surface area (Å²) in [5.74, 6) is 0.0492. The summed E-state index contributed by atoms with van der Waals surface area (Å²) in [7, 11) is 3.84. The third kappa shape index (κ3) is 4.00. The third-order valence-corrected chi connectivity index (χ3v) is 3.62. The Kier molecular flexibility index (Phi) is 5.02. The lowest BCUT2D eigenvalue weighted by atomic mass is 10.1. The van der Waals surface area contributed by atoms with Crippen LogP contribution >= 0.6 is 11.8 Å². The summed E-state index contributed by atoms with van der Waals surface area (Å²) < 4.78 is 0. The lowest BCUT2D eigenvalue weighted by Crippen LogP contribution is -2.08. The lowest BCUT2D eigenvalue weighted by molar-refractivity contribution is 0.104. The number of hydrogen-bond acceptors (Lipinski definition) is 3. The molecule has 0 fully saturated rings. The molecule has 102 valence electrons. The number of benzene rings is 2. The van der Waals surface area contributed by atoms with Crippen LogP contribution in [0, 0.1) is 0 Å². The molecule has 0 N–H and O–H groups in total. The van der Waals surface area contributed by atoms with Crippen molar-refractivity contribution in [2.24, 2.45) is 0 Å². The highest BCUT2D eigenvalue weighted by Crippen LogP contribution is 2.29. The van der Waals surface area contributed by atoms with E-state index in [0.29, 0.717) is 10.5 Å². The van der Waals surface area contributed by atoms with Crippen LogP contribution < -0.4 is 0 Å². The summed E-state index contributed by atoms with van der Waals surface area (Å²) in [5, 5.41) is 0. The van der Waals surface area contributed by atoms with Gasteiger partial charge >= 0.3 is 0 Å². The van der Waals surface area contributed by atoms with Crippen LogP contribution in [0.15, 0.2) is 76.7 Å². The zero-order valence-electron chi connectivity index (χ0n) is 11.6. The van der Waals surface area contributed by atoms with E-state index in [1.165, 1.54) is 11.8 Å². The Morgan fingerprint density at radius 3 is 2.05 bits per heavy atom. The Morgan fingerprint density at radius 1 is 0.950 bits per heavy atom. The number of ketones is 1. The first-order valence-electron chi connectivity index (χ1n) is 6.38. The quantitative estimate of drug-likeness (QED) is 0.469. The Hall–Kier alpha value is -2.00. The second kappa shape index (κ2) is 6.96. The van der Waals surface area contributed by atoms with Crippen molar-refractivity contribution in [3.63, 3.8) is 0 Å². The minimum atomic E-state index is 0.0492. The Morgan fingerprint density at radius 2 is 1.50 bits per heavy atom. The fourth-order valence-corrected chi connectivity index (χ4v) is 2.73. The number of rotatable bonds is 5. The summed E-state index contributed by atoms with van der Waals surface area (Å²) in [6.07, 6.45) is 1.87. The van der Waals surface area contributed by atoms with Gasteiger partial charge in [-0.2, -0.15) is 0 Å². The number of allylic oxidation sites excluding steroid dienone is 1. The normalized spacial score (nSPS) is 11.2. The number of hydrogen-bond donors (Lipinski definition) is 0. The molecule has 0 aromatic heterocycles. The van der Waals surface area contributed by atoms with Gasteiger partial charge in [0.05, 0.1) is 4.91 Å². The van der Waals surface area contributed by atoms with Gasteiger partial charge in [-0.15, -0.1) is 0 Å². The van der Waals surface area contributed by atoms with Crippen molar-refractivity contribution in [2.75, 3.05) is 14.1 Å². The molecule has 0 unspecified atom stereocenters. The predicted molar refractivity (Wildman–Crippen MR) is 84.8 cm³/mol. The summed E-state index contributed by atoms with van der Waals surface area (Å²) in [6.45, 7) is 0. The molecule has 0 aliphatic heterocycles. The summed E-state index contributed by atoms with van der Waals surface area (Å²) >= 11 is 1.49. The van der Waals surface area contributed by atoms with E-state index in [-0.39, 0.29) is 5.78 Å². The van der Waals surface area contributed by atoms with Gasteiger partial charge in [0.1, 0.15) is 0 Å². The van der Waals surface area contributed by atoms with Crippen molar-refractivity contribution in [3.05, 3.63) is 77.3 Å². The molecule has 0 aliphatic rings. The average Bonchev–Trinajstić information content (AvgIpc) is 2.47. The van der Waals surface area contributed by atoms with Crippen LogP contribution in [-0.4, -0.2) is 24.8 Å². The number of Topliss-reactive ketones (excluding diaryl/α,β-unsaturated/α-hetero) is 1. The molecule has 0 saturated carbocycles. The van der Waals surface area contributed by atoms with Gasteiger partial charge in [0.25, 0.3) is 0 Å². The Balaban J connectivity index is 2.27. The molecule has 0 amide bonds. The van der Waals surface area contributed by atoms with E-state index in [0.717, 1.165) is 4.90 Å². The highest BCUT2D eigenvalue weighted by atomic mass is 32.2. The number of thioether (sulfide) groups is 1. The first-order valence-corrected chi connectivity index (χ1v) is 7.19. The minimum Gasteiger partial charge on any atom is -0.382 e. The van der Waals surface area contributed by atoms with Gasteiger partial charge < -0.3 is 4.90 Å². The molecule has 2 aromatic rings. The van der Waals surface area contributed by atoms with Crippen LogP contribution in [0.1, 0.15) is 10.4 Å².